The Labute approximate surface area is 146 Å². The summed E-state index contributed by atoms with van der Waals surface area (Å²) in [7, 11) is 3.69. The van der Waals surface area contributed by atoms with Crippen molar-refractivity contribution < 1.29 is 0 Å². The molecule has 0 aromatic carbocycles. The molecule has 0 saturated heterocycles. The summed E-state index contributed by atoms with van der Waals surface area (Å²) in [4.78, 5) is 12.7. The summed E-state index contributed by atoms with van der Waals surface area (Å²) < 4.78 is 0. The second kappa shape index (κ2) is 7.57. The van der Waals surface area contributed by atoms with Gasteiger partial charge in [-0.15, -0.1) is 0 Å². The molecule has 0 fully saturated rings. The molecule has 1 aliphatic rings. The number of likely N-dealkylation sites (N-methyl/N-ethyl adjacent to an activating group) is 1. The first kappa shape index (κ1) is 16.6. The third-order valence-corrected chi connectivity index (χ3v) is 3.99. The first-order valence-corrected chi connectivity index (χ1v) is 8.07. The van der Waals surface area contributed by atoms with Crippen LogP contribution in [0.5, 0.6) is 0 Å². The maximum atomic E-state index is 8.59. The molecule has 25 heavy (non-hydrogen) atoms. The van der Waals surface area contributed by atoms with Crippen LogP contribution in [0.15, 0.2) is 54.8 Å². The van der Waals surface area contributed by atoms with Gasteiger partial charge in [0.05, 0.1) is 11.3 Å². The lowest BCUT2D eigenvalue weighted by molar-refractivity contribution is 0.842. The summed E-state index contributed by atoms with van der Waals surface area (Å²) in [5.74, 6) is 1.24. The van der Waals surface area contributed by atoms with Crippen molar-refractivity contribution in [2.45, 2.75) is 12.5 Å². The lowest BCUT2D eigenvalue weighted by atomic mass is 10.0. The summed E-state index contributed by atoms with van der Waals surface area (Å²) in [6.07, 6.45) is 11.9. The Morgan fingerprint density at radius 1 is 1.20 bits per heavy atom. The minimum Gasteiger partial charge on any atom is -0.388 e. The van der Waals surface area contributed by atoms with E-state index in [2.05, 4.69) is 43.1 Å². The number of aromatic nitrogens is 3. The van der Waals surface area contributed by atoms with Crippen molar-refractivity contribution in [3.05, 3.63) is 65.9 Å². The molecule has 0 saturated carbocycles. The van der Waals surface area contributed by atoms with E-state index in [0.29, 0.717) is 28.5 Å². The molecule has 0 radical (unpaired) electrons. The molecular weight excluding hydrogens is 314 g/mol. The lowest BCUT2D eigenvalue weighted by Crippen LogP contribution is -2.23. The van der Waals surface area contributed by atoms with Gasteiger partial charge in [-0.1, -0.05) is 12.2 Å². The third-order valence-electron chi connectivity index (χ3n) is 3.99. The second-order valence-corrected chi connectivity index (χ2v) is 5.57. The third kappa shape index (κ3) is 3.65. The van der Waals surface area contributed by atoms with Crippen molar-refractivity contribution in [1.82, 2.24) is 20.3 Å². The van der Waals surface area contributed by atoms with Gasteiger partial charge in [0, 0.05) is 43.8 Å². The van der Waals surface area contributed by atoms with Crippen molar-refractivity contribution in [1.29, 1.82) is 5.41 Å². The van der Waals surface area contributed by atoms with E-state index in [1.165, 1.54) is 6.33 Å². The SMILES string of the molecule is CNC1=CCC(Nc2ncnc(NC)c2C(=N)c2cccnc2)C=C1. The number of rotatable bonds is 6. The number of nitrogens with one attached hydrogen (secondary N) is 4. The van der Waals surface area contributed by atoms with Gasteiger partial charge in [-0.25, -0.2) is 9.97 Å². The molecular formula is C18H21N7. The van der Waals surface area contributed by atoms with Crippen LogP contribution in [-0.4, -0.2) is 40.8 Å². The molecule has 7 heteroatoms. The largest absolute Gasteiger partial charge is 0.388 e. The quantitative estimate of drug-likeness (QED) is 0.604. The van der Waals surface area contributed by atoms with E-state index in [4.69, 9.17) is 5.41 Å². The van der Waals surface area contributed by atoms with Gasteiger partial charge in [0.15, 0.2) is 0 Å². The summed E-state index contributed by atoms with van der Waals surface area (Å²) in [5, 5.41) is 18.2. The Hall–Kier alpha value is -3.22. The highest BCUT2D eigenvalue weighted by Gasteiger charge is 2.19. The van der Waals surface area contributed by atoms with Gasteiger partial charge < -0.3 is 16.0 Å². The predicted octanol–water partition coefficient (Wildman–Crippen LogP) is 2.17. The number of anilines is 2. The molecule has 2 heterocycles. The molecule has 128 valence electrons. The first-order chi connectivity index (χ1) is 12.2. The zero-order valence-corrected chi connectivity index (χ0v) is 14.2. The van der Waals surface area contributed by atoms with E-state index in [1.807, 2.05) is 25.3 Å². The standard InChI is InChI=1S/C18H21N7/c1-20-13-5-7-14(8-6-13)25-18-15(17(21-2)23-11-24-18)16(19)12-4-3-9-22-10-12/h3-7,9-11,14,19-20H,8H2,1-2H3,(H2,21,23,24,25). The Kier molecular flexibility index (Phi) is 5.03. The molecule has 1 atom stereocenters. The van der Waals surface area contributed by atoms with Gasteiger partial charge in [-0.2, -0.15) is 0 Å². The van der Waals surface area contributed by atoms with Crippen molar-refractivity contribution in [3.8, 4) is 0 Å². The molecule has 1 aliphatic carbocycles. The maximum absolute atomic E-state index is 8.59. The van der Waals surface area contributed by atoms with Gasteiger partial charge in [-0.3, -0.25) is 10.4 Å². The Balaban J connectivity index is 1.91. The first-order valence-electron chi connectivity index (χ1n) is 8.07. The molecule has 0 amide bonds. The van der Waals surface area contributed by atoms with Crippen LogP contribution >= 0.6 is 0 Å². The highest BCUT2D eigenvalue weighted by molar-refractivity contribution is 6.16. The number of pyridine rings is 1. The fourth-order valence-corrected chi connectivity index (χ4v) is 2.66. The Morgan fingerprint density at radius 3 is 2.68 bits per heavy atom. The molecule has 4 N–H and O–H groups in total. The number of nitrogens with zero attached hydrogens (tertiary/aromatic N) is 3. The van der Waals surface area contributed by atoms with Crippen LogP contribution in [0.3, 0.4) is 0 Å². The lowest BCUT2D eigenvalue weighted by Gasteiger charge is -2.21. The van der Waals surface area contributed by atoms with Crippen molar-refractivity contribution in [3.63, 3.8) is 0 Å². The van der Waals surface area contributed by atoms with E-state index < -0.39 is 0 Å². The fourth-order valence-electron chi connectivity index (χ4n) is 2.66. The summed E-state index contributed by atoms with van der Waals surface area (Å²) in [6.45, 7) is 0. The molecule has 0 spiro atoms. The fraction of sp³-hybridized carbons (Fsp3) is 0.222. The maximum Gasteiger partial charge on any atom is 0.141 e. The smallest absolute Gasteiger partial charge is 0.141 e. The highest BCUT2D eigenvalue weighted by Crippen LogP contribution is 2.25. The van der Waals surface area contributed by atoms with Gasteiger partial charge in [-0.05, 0) is 24.6 Å². The highest BCUT2D eigenvalue weighted by atomic mass is 15.1. The van der Waals surface area contributed by atoms with E-state index in [0.717, 1.165) is 12.1 Å². The zero-order chi connectivity index (χ0) is 17.6. The summed E-state index contributed by atoms with van der Waals surface area (Å²) >= 11 is 0. The van der Waals surface area contributed by atoms with Crippen LogP contribution in [0, 0.1) is 5.41 Å². The predicted molar refractivity (Wildman–Crippen MR) is 100 cm³/mol. The Bertz CT molecular complexity index is 811. The van der Waals surface area contributed by atoms with E-state index in [1.54, 1.807) is 19.4 Å². The molecule has 3 rings (SSSR count). The second-order valence-electron chi connectivity index (χ2n) is 5.57. The normalized spacial score (nSPS) is 16.1. The van der Waals surface area contributed by atoms with E-state index in [9.17, 15) is 0 Å². The average molecular weight is 335 g/mol. The number of hydrogen-bond acceptors (Lipinski definition) is 7. The topological polar surface area (TPSA) is 98.6 Å². The molecule has 0 aliphatic heterocycles. The van der Waals surface area contributed by atoms with E-state index in [-0.39, 0.29) is 6.04 Å². The molecule has 2 aromatic rings. The van der Waals surface area contributed by atoms with Crippen molar-refractivity contribution in [2.24, 2.45) is 0 Å². The van der Waals surface area contributed by atoms with Gasteiger partial charge in [0.25, 0.3) is 0 Å². The zero-order valence-electron chi connectivity index (χ0n) is 14.2. The number of allylic oxidation sites excluding steroid dienone is 1. The van der Waals surface area contributed by atoms with Crippen LogP contribution in [0.4, 0.5) is 11.6 Å². The van der Waals surface area contributed by atoms with Gasteiger partial charge in [0.2, 0.25) is 0 Å². The summed E-state index contributed by atoms with van der Waals surface area (Å²) in [6, 6.07) is 3.78. The number of hydrogen-bond donors (Lipinski definition) is 4. The van der Waals surface area contributed by atoms with Crippen LogP contribution in [0.1, 0.15) is 17.5 Å². The van der Waals surface area contributed by atoms with Crippen LogP contribution in [0.2, 0.25) is 0 Å². The average Bonchev–Trinajstić information content (AvgIpc) is 2.68. The van der Waals surface area contributed by atoms with Crippen LogP contribution in [0.25, 0.3) is 0 Å². The minimum absolute atomic E-state index is 0.108. The van der Waals surface area contributed by atoms with Crippen LogP contribution < -0.4 is 16.0 Å². The van der Waals surface area contributed by atoms with Crippen molar-refractivity contribution in [2.75, 3.05) is 24.7 Å². The molecule has 0 bridgehead atoms. The van der Waals surface area contributed by atoms with Crippen LogP contribution in [-0.2, 0) is 0 Å². The molecule has 7 nitrogen and oxygen atoms in total. The minimum atomic E-state index is 0.108. The molecule has 1 unspecified atom stereocenters. The van der Waals surface area contributed by atoms with Gasteiger partial charge >= 0.3 is 0 Å². The molecule has 2 aromatic heterocycles. The summed E-state index contributed by atoms with van der Waals surface area (Å²) in [5.41, 5.74) is 2.77. The van der Waals surface area contributed by atoms with Gasteiger partial charge in [0.1, 0.15) is 18.0 Å². The Morgan fingerprint density at radius 2 is 2.04 bits per heavy atom. The monoisotopic (exact) mass is 335 g/mol. The van der Waals surface area contributed by atoms with E-state index >= 15 is 0 Å². The van der Waals surface area contributed by atoms with Crippen molar-refractivity contribution >= 4 is 17.3 Å².